The van der Waals surface area contributed by atoms with Gasteiger partial charge in [-0.3, -0.25) is 0 Å². The molecule has 0 saturated heterocycles. The lowest BCUT2D eigenvalue weighted by atomic mass is 9.89. The number of benzene rings is 6. The van der Waals surface area contributed by atoms with Gasteiger partial charge in [0.1, 0.15) is 0 Å². The van der Waals surface area contributed by atoms with Crippen LogP contribution < -0.4 is 0 Å². The number of thiophene rings is 1. The molecule has 0 aliphatic rings. The molecule has 0 saturated carbocycles. The van der Waals surface area contributed by atoms with Crippen molar-refractivity contribution >= 4 is 59.1 Å². The monoisotopic (exact) mass is 490 g/mol. The molecule has 0 aliphatic carbocycles. The fourth-order valence-electron chi connectivity index (χ4n) is 5.80. The summed E-state index contributed by atoms with van der Waals surface area (Å²) in [5.74, 6) is 0. The first kappa shape index (κ1) is 22.0. The van der Waals surface area contributed by atoms with Crippen LogP contribution in [0.1, 0.15) is 18.1 Å². The average Bonchev–Trinajstić information content (AvgIpc) is 3.34. The maximum atomic E-state index is 2.38. The topological polar surface area (TPSA) is 0 Å². The highest BCUT2D eigenvalue weighted by molar-refractivity contribution is 7.26. The van der Waals surface area contributed by atoms with Crippen molar-refractivity contribution in [1.29, 1.82) is 0 Å². The van der Waals surface area contributed by atoms with Gasteiger partial charge in [-0.1, -0.05) is 103 Å². The van der Waals surface area contributed by atoms with E-state index >= 15 is 0 Å². The second-order valence-electron chi connectivity index (χ2n) is 9.71. The smallest absolute Gasteiger partial charge is 0.0433 e. The van der Waals surface area contributed by atoms with E-state index < -0.39 is 0 Å². The maximum Gasteiger partial charge on any atom is 0.0433 e. The third-order valence-corrected chi connectivity index (χ3v) is 8.80. The Morgan fingerprint density at radius 3 is 2.08 bits per heavy atom. The van der Waals surface area contributed by atoms with Gasteiger partial charge in [0, 0.05) is 20.2 Å². The van der Waals surface area contributed by atoms with Crippen LogP contribution in [0.2, 0.25) is 0 Å². The van der Waals surface area contributed by atoms with Gasteiger partial charge in [0.05, 0.1) is 0 Å². The Kier molecular flexibility index (Phi) is 5.20. The Balaban J connectivity index is 1.43. The standard InChI is InChI=1S/C36H26S/c1-3-10-27-23(2)28-13-4-5-14-30(28)31-20-19-25(22-34(27)31)24-11-8-12-26(21-24)29-16-9-17-33-32-15-6-7-18-35(32)37-36(29)33/h3-22H,1-2H3. The van der Waals surface area contributed by atoms with Crippen molar-refractivity contribution in [2.24, 2.45) is 0 Å². The van der Waals surface area contributed by atoms with Crippen LogP contribution in [0.25, 0.3) is 70.0 Å². The van der Waals surface area contributed by atoms with Crippen LogP contribution in [0.15, 0.2) is 115 Å². The molecule has 1 heterocycles. The van der Waals surface area contributed by atoms with Gasteiger partial charge in [0.2, 0.25) is 0 Å². The highest BCUT2D eigenvalue weighted by Gasteiger charge is 2.13. The summed E-state index contributed by atoms with van der Waals surface area (Å²) in [5.41, 5.74) is 7.71. The lowest BCUT2D eigenvalue weighted by Gasteiger charge is -2.14. The molecule has 0 unspecified atom stereocenters. The zero-order valence-electron chi connectivity index (χ0n) is 21.0. The van der Waals surface area contributed by atoms with Gasteiger partial charge in [-0.25, -0.2) is 0 Å². The molecule has 1 aromatic heterocycles. The molecular formula is C36H26S. The molecule has 0 fully saturated rings. The van der Waals surface area contributed by atoms with Crippen LogP contribution in [0.3, 0.4) is 0 Å². The molecular weight excluding hydrogens is 464 g/mol. The summed E-state index contributed by atoms with van der Waals surface area (Å²) < 4.78 is 2.70. The van der Waals surface area contributed by atoms with Gasteiger partial charge >= 0.3 is 0 Å². The fraction of sp³-hybridized carbons (Fsp3) is 0.0556. The molecule has 0 spiro atoms. The molecule has 0 nitrogen and oxygen atoms in total. The van der Waals surface area contributed by atoms with Gasteiger partial charge in [0.15, 0.2) is 0 Å². The van der Waals surface area contributed by atoms with E-state index in [0.29, 0.717) is 0 Å². The Labute approximate surface area is 221 Å². The maximum absolute atomic E-state index is 2.38. The zero-order valence-corrected chi connectivity index (χ0v) is 21.8. The van der Waals surface area contributed by atoms with E-state index in [2.05, 4.69) is 135 Å². The van der Waals surface area contributed by atoms with Crippen molar-refractivity contribution in [3.63, 3.8) is 0 Å². The van der Waals surface area contributed by atoms with Gasteiger partial charge in [-0.15, -0.1) is 11.3 Å². The SMILES string of the molecule is CC=Cc1c(C)c2ccccc2c2ccc(-c3cccc(-c4cccc5c4sc4ccccc45)c3)cc12. The average molecular weight is 491 g/mol. The minimum atomic E-state index is 1.25. The molecule has 1 heteroatoms. The number of hydrogen-bond donors (Lipinski definition) is 0. The van der Waals surface area contributed by atoms with Gasteiger partial charge in [-0.2, -0.15) is 0 Å². The molecule has 7 aromatic rings. The number of hydrogen-bond acceptors (Lipinski definition) is 1. The minimum Gasteiger partial charge on any atom is -0.135 e. The van der Waals surface area contributed by atoms with E-state index in [1.807, 2.05) is 11.3 Å². The van der Waals surface area contributed by atoms with Gasteiger partial charge in [-0.05, 0) is 87.0 Å². The normalized spacial score (nSPS) is 11.9. The van der Waals surface area contributed by atoms with Gasteiger partial charge in [0.25, 0.3) is 0 Å². The van der Waals surface area contributed by atoms with Crippen LogP contribution in [-0.2, 0) is 0 Å². The molecule has 0 amide bonds. The molecule has 0 N–H and O–H groups in total. The molecule has 0 radical (unpaired) electrons. The summed E-state index contributed by atoms with van der Waals surface area (Å²) >= 11 is 1.89. The Bertz CT molecular complexity index is 2000. The molecule has 0 bridgehead atoms. The second-order valence-corrected chi connectivity index (χ2v) is 10.8. The quantitative estimate of drug-likeness (QED) is 0.216. The van der Waals surface area contributed by atoms with Crippen LogP contribution in [0.5, 0.6) is 0 Å². The first-order valence-corrected chi connectivity index (χ1v) is 13.6. The van der Waals surface area contributed by atoms with Crippen LogP contribution in [0, 0.1) is 6.92 Å². The van der Waals surface area contributed by atoms with Crippen molar-refractivity contribution in [2.75, 3.05) is 0 Å². The third-order valence-electron chi connectivity index (χ3n) is 7.58. The van der Waals surface area contributed by atoms with E-state index in [9.17, 15) is 0 Å². The van der Waals surface area contributed by atoms with Crippen molar-refractivity contribution in [1.82, 2.24) is 0 Å². The van der Waals surface area contributed by atoms with Crippen molar-refractivity contribution in [3.8, 4) is 22.3 Å². The Morgan fingerprint density at radius 2 is 1.22 bits per heavy atom. The van der Waals surface area contributed by atoms with E-state index in [-0.39, 0.29) is 0 Å². The van der Waals surface area contributed by atoms with Crippen LogP contribution in [0.4, 0.5) is 0 Å². The lowest BCUT2D eigenvalue weighted by Crippen LogP contribution is -1.90. The minimum absolute atomic E-state index is 1.25. The first-order valence-electron chi connectivity index (χ1n) is 12.8. The molecule has 0 aliphatic heterocycles. The van der Waals surface area contributed by atoms with E-state index in [1.165, 1.54) is 75.1 Å². The summed E-state index contributed by atoms with van der Waals surface area (Å²) in [6.07, 6.45) is 4.40. The first-order chi connectivity index (χ1) is 18.2. The van der Waals surface area contributed by atoms with E-state index in [0.717, 1.165) is 0 Å². The van der Waals surface area contributed by atoms with Crippen molar-refractivity contribution in [3.05, 3.63) is 126 Å². The highest BCUT2D eigenvalue weighted by Crippen LogP contribution is 2.41. The van der Waals surface area contributed by atoms with Crippen molar-refractivity contribution < 1.29 is 0 Å². The fourth-order valence-corrected chi connectivity index (χ4v) is 7.03. The third kappa shape index (κ3) is 3.50. The summed E-state index contributed by atoms with van der Waals surface area (Å²) in [4.78, 5) is 0. The molecule has 7 rings (SSSR count). The van der Waals surface area contributed by atoms with Gasteiger partial charge < -0.3 is 0 Å². The molecule has 176 valence electrons. The number of aryl methyl sites for hydroxylation is 1. The summed E-state index contributed by atoms with van der Waals surface area (Å²) in [6, 6.07) is 40.2. The van der Waals surface area contributed by atoms with E-state index in [1.54, 1.807) is 0 Å². The molecule has 6 aromatic carbocycles. The van der Waals surface area contributed by atoms with Crippen LogP contribution >= 0.6 is 11.3 Å². The summed E-state index contributed by atoms with van der Waals surface area (Å²) in [7, 11) is 0. The van der Waals surface area contributed by atoms with Crippen molar-refractivity contribution in [2.45, 2.75) is 13.8 Å². The lowest BCUT2D eigenvalue weighted by molar-refractivity contribution is 1.52. The second kappa shape index (κ2) is 8.73. The summed E-state index contributed by atoms with van der Waals surface area (Å²) in [5, 5.41) is 7.95. The number of allylic oxidation sites excluding steroid dienone is 1. The summed E-state index contributed by atoms with van der Waals surface area (Å²) in [6.45, 7) is 4.35. The predicted octanol–water partition coefficient (Wildman–Crippen LogP) is 11.0. The number of fused-ring (bicyclic) bond motifs is 6. The zero-order chi connectivity index (χ0) is 24.9. The molecule has 37 heavy (non-hydrogen) atoms. The number of rotatable bonds is 3. The Morgan fingerprint density at radius 1 is 0.541 bits per heavy atom. The largest absolute Gasteiger partial charge is 0.135 e. The van der Waals surface area contributed by atoms with E-state index in [4.69, 9.17) is 0 Å². The highest BCUT2D eigenvalue weighted by atomic mass is 32.1. The predicted molar refractivity (Wildman–Crippen MR) is 165 cm³/mol. The Hall–Kier alpha value is -4.20. The van der Waals surface area contributed by atoms with Crippen LogP contribution in [-0.4, -0.2) is 0 Å². The molecule has 0 atom stereocenters.